The number of para-hydroxylation sites is 1. The van der Waals surface area contributed by atoms with E-state index in [1.54, 1.807) is 24.7 Å². The summed E-state index contributed by atoms with van der Waals surface area (Å²) in [6.45, 7) is 2.00. The van der Waals surface area contributed by atoms with Gasteiger partial charge in [0.15, 0.2) is 0 Å². The van der Waals surface area contributed by atoms with Crippen LogP contribution in [0.3, 0.4) is 0 Å². The van der Waals surface area contributed by atoms with E-state index < -0.39 is 10.1 Å². The Morgan fingerprint density at radius 3 is 2.92 bits per heavy atom. The van der Waals surface area contributed by atoms with E-state index in [-0.39, 0.29) is 10.9 Å². The maximum absolute atomic E-state index is 12.2. The van der Waals surface area contributed by atoms with Crippen LogP contribution in [0.2, 0.25) is 0 Å². The van der Waals surface area contributed by atoms with Gasteiger partial charge in [0.05, 0.1) is 29.3 Å². The molecule has 0 N–H and O–H groups in total. The second-order valence-electron chi connectivity index (χ2n) is 5.72. The molecule has 132 valence electrons. The molecule has 3 aromatic rings. The summed E-state index contributed by atoms with van der Waals surface area (Å²) in [5.41, 5.74) is 2.94. The topological polar surface area (TPSA) is 69.4 Å². The first-order valence-electron chi connectivity index (χ1n) is 7.96. The van der Waals surface area contributed by atoms with Gasteiger partial charge in [-0.05, 0) is 49.9 Å². The van der Waals surface area contributed by atoms with E-state index in [1.807, 2.05) is 31.2 Å². The molecule has 25 heavy (non-hydrogen) atoms. The molecular weight excluding hydrogens is 358 g/mol. The Balaban J connectivity index is 1.52. The minimum absolute atomic E-state index is 0.000268. The van der Waals surface area contributed by atoms with Crippen molar-refractivity contribution in [3.05, 3.63) is 60.1 Å². The molecule has 0 spiro atoms. The summed E-state index contributed by atoms with van der Waals surface area (Å²) >= 11 is 1.12. The zero-order chi connectivity index (χ0) is 17.7. The number of thiazole rings is 1. The van der Waals surface area contributed by atoms with Crippen LogP contribution in [0.25, 0.3) is 10.2 Å². The fourth-order valence-corrected chi connectivity index (χ4v) is 4.46. The standard InChI is InChI=1S/C18H19NO4S2/c1-14(5-4-6-15-10-11-22-13-15)9-12-23-25(20,21)18-19-16-7-2-3-8-17(16)24-18/h2-3,7-11,13H,4-6,12H2,1H3/b14-9+. The van der Waals surface area contributed by atoms with E-state index in [4.69, 9.17) is 8.60 Å². The molecule has 0 bridgehead atoms. The lowest BCUT2D eigenvalue weighted by Gasteiger charge is -2.02. The first-order chi connectivity index (χ1) is 12.0. The zero-order valence-corrected chi connectivity index (χ0v) is 15.5. The number of aryl methyl sites for hydroxylation is 1. The number of hydrogen-bond acceptors (Lipinski definition) is 6. The average Bonchev–Trinajstić information content (AvgIpc) is 3.24. The van der Waals surface area contributed by atoms with Gasteiger partial charge in [-0.1, -0.05) is 23.8 Å². The highest BCUT2D eigenvalue weighted by Crippen LogP contribution is 2.26. The quantitative estimate of drug-likeness (QED) is 0.425. The highest BCUT2D eigenvalue weighted by atomic mass is 32.3. The molecule has 7 heteroatoms. The van der Waals surface area contributed by atoms with Gasteiger partial charge in [0, 0.05) is 0 Å². The highest BCUT2D eigenvalue weighted by molar-refractivity contribution is 7.89. The number of furan rings is 1. The summed E-state index contributed by atoms with van der Waals surface area (Å²) in [6.07, 6.45) is 8.01. The molecule has 0 unspecified atom stereocenters. The number of aromatic nitrogens is 1. The average molecular weight is 377 g/mol. The molecule has 0 saturated carbocycles. The summed E-state index contributed by atoms with van der Waals surface area (Å²) in [7, 11) is -3.82. The second-order valence-corrected chi connectivity index (χ2v) is 8.54. The predicted molar refractivity (Wildman–Crippen MR) is 98.2 cm³/mol. The minimum Gasteiger partial charge on any atom is -0.472 e. The molecule has 0 amide bonds. The number of hydrogen-bond donors (Lipinski definition) is 0. The second kappa shape index (κ2) is 7.95. The van der Waals surface area contributed by atoms with Crippen LogP contribution in [0.1, 0.15) is 25.3 Å². The Morgan fingerprint density at radius 1 is 1.32 bits per heavy atom. The van der Waals surface area contributed by atoms with Crippen LogP contribution >= 0.6 is 11.3 Å². The van der Waals surface area contributed by atoms with E-state index in [0.717, 1.165) is 40.9 Å². The van der Waals surface area contributed by atoms with Gasteiger partial charge in [0.1, 0.15) is 0 Å². The Hall–Kier alpha value is -1.96. The molecular formula is C18H19NO4S2. The molecule has 2 aromatic heterocycles. The largest absolute Gasteiger partial charge is 0.472 e. The van der Waals surface area contributed by atoms with E-state index in [2.05, 4.69) is 4.98 Å². The van der Waals surface area contributed by atoms with Gasteiger partial charge in [0.2, 0.25) is 4.34 Å². The number of rotatable bonds is 8. The normalized spacial score (nSPS) is 12.8. The number of allylic oxidation sites excluding steroid dienone is 1. The van der Waals surface area contributed by atoms with Gasteiger partial charge >= 0.3 is 10.1 Å². The van der Waals surface area contributed by atoms with E-state index in [9.17, 15) is 8.42 Å². The van der Waals surface area contributed by atoms with E-state index in [1.165, 1.54) is 5.56 Å². The number of fused-ring (bicyclic) bond motifs is 1. The molecule has 0 saturated heterocycles. The molecule has 0 radical (unpaired) electrons. The van der Waals surface area contributed by atoms with Crippen LogP contribution in [0.4, 0.5) is 0 Å². The molecule has 0 aliphatic carbocycles. The maximum atomic E-state index is 12.2. The number of nitrogens with zero attached hydrogens (tertiary/aromatic N) is 1. The molecule has 0 aliphatic heterocycles. The lowest BCUT2D eigenvalue weighted by atomic mass is 10.1. The van der Waals surface area contributed by atoms with Crippen molar-refractivity contribution in [2.45, 2.75) is 30.5 Å². The maximum Gasteiger partial charge on any atom is 0.324 e. The molecule has 1 aromatic carbocycles. The molecule has 0 aliphatic rings. The van der Waals surface area contributed by atoms with Crippen molar-refractivity contribution >= 4 is 31.7 Å². The van der Waals surface area contributed by atoms with Crippen LogP contribution in [0, 0.1) is 0 Å². The molecule has 0 atom stereocenters. The van der Waals surface area contributed by atoms with Crippen LogP contribution in [0.5, 0.6) is 0 Å². The van der Waals surface area contributed by atoms with Gasteiger partial charge in [-0.3, -0.25) is 4.18 Å². The summed E-state index contributed by atoms with van der Waals surface area (Å²) in [6, 6.07) is 9.26. The Bertz CT molecular complexity index is 923. The fraction of sp³-hybridized carbons (Fsp3) is 0.278. The van der Waals surface area contributed by atoms with Crippen molar-refractivity contribution in [2.75, 3.05) is 6.61 Å². The van der Waals surface area contributed by atoms with Crippen molar-refractivity contribution in [1.29, 1.82) is 0 Å². The van der Waals surface area contributed by atoms with E-state index >= 15 is 0 Å². The summed E-state index contributed by atoms with van der Waals surface area (Å²) < 4.78 is 35.4. The van der Waals surface area contributed by atoms with Crippen LogP contribution < -0.4 is 0 Å². The van der Waals surface area contributed by atoms with Crippen molar-refractivity contribution in [3.8, 4) is 0 Å². The van der Waals surface area contributed by atoms with Gasteiger partial charge in [-0.2, -0.15) is 8.42 Å². The zero-order valence-electron chi connectivity index (χ0n) is 13.8. The predicted octanol–water partition coefficient (Wildman–Crippen LogP) is 4.56. The Kier molecular flexibility index (Phi) is 5.67. The van der Waals surface area contributed by atoms with Gasteiger partial charge in [-0.25, -0.2) is 4.98 Å². The molecule has 2 heterocycles. The molecule has 3 rings (SSSR count). The Morgan fingerprint density at radius 2 is 2.16 bits per heavy atom. The third-order valence-electron chi connectivity index (χ3n) is 3.76. The Labute approximate surface area is 151 Å². The van der Waals surface area contributed by atoms with Crippen molar-refractivity contribution < 1.29 is 17.0 Å². The summed E-state index contributed by atoms with van der Waals surface area (Å²) in [4.78, 5) is 4.14. The van der Waals surface area contributed by atoms with Crippen molar-refractivity contribution in [2.24, 2.45) is 0 Å². The lowest BCUT2D eigenvalue weighted by molar-refractivity contribution is 0.356. The van der Waals surface area contributed by atoms with Crippen LogP contribution in [-0.2, 0) is 20.7 Å². The van der Waals surface area contributed by atoms with Crippen molar-refractivity contribution in [3.63, 3.8) is 0 Å². The summed E-state index contributed by atoms with van der Waals surface area (Å²) in [5.74, 6) is 0. The first kappa shape index (κ1) is 17.8. The third kappa shape index (κ3) is 4.78. The fourth-order valence-electron chi connectivity index (χ4n) is 2.38. The third-order valence-corrected chi connectivity index (χ3v) is 6.42. The van der Waals surface area contributed by atoms with Gasteiger partial charge in [-0.15, -0.1) is 11.3 Å². The summed E-state index contributed by atoms with van der Waals surface area (Å²) in [5, 5.41) is 0. The smallest absolute Gasteiger partial charge is 0.324 e. The molecule has 5 nitrogen and oxygen atoms in total. The molecule has 0 fully saturated rings. The van der Waals surface area contributed by atoms with E-state index in [0.29, 0.717) is 5.52 Å². The van der Waals surface area contributed by atoms with Gasteiger partial charge < -0.3 is 4.42 Å². The van der Waals surface area contributed by atoms with Gasteiger partial charge in [0.25, 0.3) is 0 Å². The van der Waals surface area contributed by atoms with Crippen LogP contribution in [0.15, 0.2) is 63.3 Å². The minimum atomic E-state index is -3.82. The van der Waals surface area contributed by atoms with Crippen LogP contribution in [-0.4, -0.2) is 20.0 Å². The first-order valence-corrected chi connectivity index (χ1v) is 10.2. The van der Waals surface area contributed by atoms with Crippen molar-refractivity contribution in [1.82, 2.24) is 4.98 Å². The SMILES string of the molecule is C/C(=C\COS(=O)(=O)c1nc2ccccc2s1)CCCc1ccoc1. The monoisotopic (exact) mass is 377 g/mol. The lowest BCUT2D eigenvalue weighted by Crippen LogP contribution is -2.06. The highest BCUT2D eigenvalue weighted by Gasteiger charge is 2.20. The number of benzene rings is 1.